The van der Waals surface area contributed by atoms with E-state index >= 15 is 0 Å². The van der Waals surface area contributed by atoms with E-state index in [4.69, 9.17) is 0 Å². The molecule has 0 spiro atoms. The van der Waals surface area contributed by atoms with E-state index in [1.54, 1.807) is 12.4 Å². The summed E-state index contributed by atoms with van der Waals surface area (Å²) in [7, 11) is 4.06. The minimum Gasteiger partial charge on any atom is -0.378 e. The van der Waals surface area contributed by atoms with Gasteiger partial charge in [0.15, 0.2) is 0 Å². The van der Waals surface area contributed by atoms with Crippen molar-refractivity contribution in [1.29, 1.82) is 0 Å². The van der Waals surface area contributed by atoms with Crippen LogP contribution in [0.1, 0.15) is 40.6 Å². The predicted molar refractivity (Wildman–Crippen MR) is 111 cm³/mol. The van der Waals surface area contributed by atoms with Crippen LogP contribution in [0.3, 0.4) is 0 Å². The molecule has 138 valence electrons. The second-order valence-electron chi connectivity index (χ2n) is 7.09. The van der Waals surface area contributed by atoms with Crippen molar-refractivity contribution in [2.45, 2.75) is 25.3 Å². The molecule has 0 aliphatic heterocycles. The first-order valence-electron chi connectivity index (χ1n) is 9.14. The molecule has 27 heavy (non-hydrogen) atoms. The van der Waals surface area contributed by atoms with Crippen molar-refractivity contribution in [1.82, 2.24) is 4.98 Å². The second-order valence-corrected chi connectivity index (χ2v) is 7.09. The summed E-state index contributed by atoms with van der Waals surface area (Å²) in [6, 6.07) is 20.4. The highest BCUT2D eigenvalue weighted by Gasteiger charge is 2.22. The molecular weight excluding hydrogens is 334 g/mol. The summed E-state index contributed by atoms with van der Waals surface area (Å²) in [6.45, 7) is 2.08. The van der Waals surface area contributed by atoms with Crippen molar-refractivity contribution in [3.8, 4) is 0 Å². The largest absolute Gasteiger partial charge is 0.378 e. The quantitative estimate of drug-likeness (QED) is 0.524. The molecule has 3 rings (SSSR count). The smallest absolute Gasteiger partial charge is 0.118 e. The Hall–Kier alpha value is -3.01. The zero-order valence-electron chi connectivity index (χ0n) is 16.0. The van der Waals surface area contributed by atoms with Gasteiger partial charge in [-0.1, -0.05) is 47.1 Å². The van der Waals surface area contributed by atoms with Crippen LogP contribution >= 0.6 is 0 Å². The molecule has 0 fully saturated rings. The Morgan fingerprint density at radius 1 is 0.852 bits per heavy atom. The van der Waals surface area contributed by atoms with E-state index < -0.39 is 6.04 Å². The molecule has 0 N–H and O–H groups in total. The van der Waals surface area contributed by atoms with Gasteiger partial charge in [0.2, 0.25) is 0 Å². The molecule has 0 bridgehead atoms. The molecule has 1 aromatic heterocycles. The van der Waals surface area contributed by atoms with Gasteiger partial charge in [0, 0.05) is 38.1 Å². The minimum atomic E-state index is -0.409. The van der Waals surface area contributed by atoms with Gasteiger partial charge >= 0.3 is 0 Å². The Morgan fingerprint density at radius 2 is 1.41 bits per heavy atom. The van der Waals surface area contributed by atoms with E-state index in [0.29, 0.717) is 6.42 Å². The molecule has 1 heterocycles. The number of pyridine rings is 1. The normalized spacial score (nSPS) is 13.0. The Balaban J connectivity index is 1.96. The molecule has 0 saturated heterocycles. The minimum absolute atomic E-state index is 0.0951. The van der Waals surface area contributed by atoms with Crippen LogP contribution in [0.5, 0.6) is 0 Å². The van der Waals surface area contributed by atoms with Crippen LogP contribution in [0.15, 0.2) is 78.2 Å². The first kappa shape index (κ1) is 18.8. The first-order chi connectivity index (χ1) is 13.1. The Kier molecular flexibility index (Phi) is 5.97. The third kappa shape index (κ3) is 4.59. The number of nitrogens with zero attached hydrogens (tertiary/aromatic N) is 3. The Bertz CT molecular complexity index is 858. The topological polar surface area (TPSA) is 45.6 Å². The van der Waals surface area contributed by atoms with E-state index in [1.165, 1.54) is 16.7 Å². The van der Waals surface area contributed by atoms with Gasteiger partial charge in [0.25, 0.3) is 0 Å². The molecule has 3 aromatic rings. The molecule has 0 saturated carbocycles. The molecule has 0 radical (unpaired) electrons. The third-order valence-electron chi connectivity index (χ3n) is 4.97. The fraction of sp³-hybridized carbons (Fsp3) is 0.261. The van der Waals surface area contributed by atoms with Crippen molar-refractivity contribution >= 4 is 5.69 Å². The number of aryl methyl sites for hydroxylation is 1. The molecular formula is C23H25N3O. The van der Waals surface area contributed by atoms with Crippen LogP contribution in [-0.2, 0) is 0 Å². The van der Waals surface area contributed by atoms with Gasteiger partial charge in [-0.2, -0.15) is 4.91 Å². The molecule has 4 nitrogen and oxygen atoms in total. The van der Waals surface area contributed by atoms with Crippen molar-refractivity contribution in [3.05, 3.63) is 100 Å². The lowest BCUT2D eigenvalue weighted by molar-refractivity contribution is 0.594. The lowest BCUT2D eigenvalue weighted by Gasteiger charge is -2.22. The summed E-state index contributed by atoms with van der Waals surface area (Å²) in [5, 5.41) is 3.43. The maximum atomic E-state index is 11.6. The van der Waals surface area contributed by atoms with Gasteiger partial charge in [0.1, 0.15) is 6.04 Å². The number of rotatable bonds is 7. The maximum absolute atomic E-state index is 11.6. The lowest BCUT2D eigenvalue weighted by atomic mass is 9.84. The van der Waals surface area contributed by atoms with Crippen LogP contribution in [0, 0.1) is 11.8 Å². The number of benzene rings is 2. The van der Waals surface area contributed by atoms with Gasteiger partial charge in [-0.3, -0.25) is 4.98 Å². The fourth-order valence-electron chi connectivity index (χ4n) is 3.32. The molecule has 2 unspecified atom stereocenters. The monoisotopic (exact) mass is 359 g/mol. The van der Waals surface area contributed by atoms with Gasteiger partial charge in [0.05, 0.1) is 0 Å². The predicted octanol–water partition coefficient (Wildman–Crippen LogP) is 5.49. The van der Waals surface area contributed by atoms with E-state index in [2.05, 4.69) is 70.5 Å². The van der Waals surface area contributed by atoms with Gasteiger partial charge < -0.3 is 4.90 Å². The zero-order chi connectivity index (χ0) is 19.2. The van der Waals surface area contributed by atoms with Crippen molar-refractivity contribution in [2.24, 2.45) is 5.18 Å². The SMILES string of the molecule is Cc1ccc(C(CC(N=O)c2ccncc2)c2ccc(N(C)C)cc2)cc1. The molecule has 0 amide bonds. The van der Waals surface area contributed by atoms with Crippen LogP contribution in [0.4, 0.5) is 5.69 Å². The Labute approximate surface area is 160 Å². The standard InChI is InChI=1S/C23H25N3O/c1-17-4-6-18(7-5-17)22(19-8-10-21(11-9-19)26(2)3)16-23(25-27)20-12-14-24-15-13-20/h4-15,22-23H,16H2,1-3H3. The van der Waals surface area contributed by atoms with Crippen LogP contribution < -0.4 is 4.90 Å². The molecule has 0 aliphatic carbocycles. The Morgan fingerprint density at radius 3 is 1.93 bits per heavy atom. The summed E-state index contributed by atoms with van der Waals surface area (Å²) < 4.78 is 0. The van der Waals surface area contributed by atoms with E-state index in [0.717, 1.165) is 11.3 Å². The van der Waals surface area contributed by atoms with Crippen molar-refractivity contribution in [3.63, 3.8) is 0 Å². The fourth-order valence-corrected chi connectivity index (χ4v) is 3.32. The van der Waals surface area contributed by atoms with Gasteiger partial charge in [-0.15, -0.1) is 0 Å². The molecule has 0 aliphatic rings. The first-order valence-corrected chi connectivity index (χ1v) is 9.14. The van der Waals surface area contributed by atoms with Crippen LogP contribution in [0.2, 0.25) is 0 Å². The second kappa shape index (κ2) is 8.58. The number of nitroso groups, excluding NO2 is 1. The highest BCUT2D eigenvalue weighted by molar-refractivity contribution is 5.48. The number of hydrogen-bond donors (Lipinski definition) is 0. The summed E-state index contributed by atoms with van der Waals surface area (Å²) in [4.78, 5) is 17.7. The van der Waals surface area contributed by atoms with Crippen LogP contribution in [-0.4, -0.2) is 19.1 Å². The van der Waals surface area contributed by atoms with E-state index in [-0.39, 0.29) is 5.92 Å². The third-order valence-corrected chi connectivity index (χ3v) is 4.97. The summed E-state index contributed by atoms with van der Waals surface area (Å²) >= 11 is 0. The van der Waals surface area contributed by atoms with E-state index in [1.807, 2.05) is 26.2 Å². The average Bonchev–Trinajstić information content (AvgIpc) is 2.71. The molecule has 4 heteroatoms. The summed E-state index contributed by atoms with van der Waals surface area (Å²) in [5.41, 5.74) is 5.66. The van der Waals surface area contributed by atoms with Gasteiger partial charge in [-0.05, 0) is 54.3 Å². The number of anilines is 1. The average molecular weight is 359 g/mol. The number of hydrogen-bond acceptors (Lipinski definition) is 4. The molecule has 2 aromatic carbocycles. The highest BCUT2D eigenvalue weighted by Crippen LogP contribution is 2.36. The summed E-state index contributed by atoms with van der Waals surface area (Å²) in [5.74, 6) is 0.0951. The van der Waals surface area contributed by atoms with E-state index in [9.17, 15) is 4.91 Å². The van der Waals surface area contributed by atoms with Crippen molar-refractivity contribution in [2.75, 3.05) is 19.0 Å². The van der Waals surface area contributed by atoms with Crippen LogP contribution in [0.25, 0.3) is 0 Å². The maximum Gasteiger partial charge on any atom is 0.118 e. The summed E-state index contributed by atoms with van der Waals surface area (Å²) in [6.07, 6.45) is 4.04. The lowest BCUT2D eigenvalue weighted by Crippen LogP contribution is -2.10. The van der Waals surface area contributed by atoms with Gasteiger partial charge in [-0.25, -0.2) is 0 Å². The van der Waals surface area contributed by atoms with Crippen molar-refractivity contribution < 1.29 is 0 Å². The highest BCUT2D eigenvalue weighted by atomic mass is 16.3. The molecule has 2 atom stereocenters. The number of aromatic nitrogens is 1. The zero-order valence-corrected chi connectivity index (χ0v) is 16.0.